The van der Waals surface area contributed by atoms with Crippen molar-refractivity contribution in [2.24, 2.45) is 0 Å². The van der Waals surface area contributed by atoms with Crippen LogP contribution in [0.15, 0.2) is 71.6 Å². The third kappa shape index (κ3) is 6.45. The van der Waals surface area contributed by atoms with E-state index in [2.05, 4.69) is 5.32 Å². The van der Waals surface area contributed by atoms with Crippen LogP contribution in [0.25, 0.3) is 6.08 Å². The molecule has 3 amide bonds. The molecule has 3 aromatic carbocycles. The van der Waals surface area contributed by atoms with Crippen LogP contribution in [0.5, 0.6) is 5.75 Å². The number of carbonyl (C=O) groups is 3. The number of imide groups is 1. The van der Waals surface area contributed by atoms with E-state index in [-0.39, 0.29) is 30.2 Å². The van der Waals surface area contributed by atoms with E-state index in [0.29, 0.717) is 32.0 Å². The molecule has 6 nitrogen and oxygen atoms in total. The molecule has 4 rings (SSSR count). The number of hydrogen-bond donors (Lipinski definition) is 1. The Labute approximate surface area is 216 Å². The molecule has 1 saturated heterocycles. The maximum atomic E-state index is 12.8. The van der Waals surface area contributed by atoms with Gasteiger partial charge in [-0.3, -0.25) is 19.3 Å². The summed E-state index contributed by atoms with van der Waals surface area (Å²) in [4.78, 5) is 38.8. The number of ether oxygens (including phenoxy) is 1. The minimum atomic E-state index is -0.376. The zero-order valence-electron chi connectivity index (χ0n) is 18.6. The Morgan fingerprint density at radius 3 is 2.51 bits per heavy atom. The summed E-state index contributed by atoms with van der Waals surface area (Å²) < 4.78 is 5.55. The van der Waals surface area contributed by atoms with Crippen molar-refractivity contribution in [3.8, 4) is 5.75 Å². The lowest BCUT2D eigenvalue weighted by Gasteiger charge is -2.12. The summed E-state index contributed by atoms with van der Waals surface area (Å²) >= 11 is 12.8. The Morgan fingerprint density at radius 2 is 1.80 bits per heavy atom. The number of rotatable bonds is 7. The van der Waals surface area contributed by atoms with Crippen molar-refractivity contribution in [1.29, 1.82) is 0 Å². The van der Waals surface area contributed by atoms with Gasteiger partial charge in [-0.25, -0.2) is 0 Å². The maximum Gasteiger partial charge on any atom is 0.293 e. The van der Waals surface area contributed by atoms with Gasteiger partial charge in [-0.05, 0) is 77.9 Å². The van der Waals surface area contributed by atoms with Gasteiger partial charge in [0.15, 0.2) is 6.61 Å². The van der Waals surface area contributed by atoms with Gasteiger partial charge < -0.3 is 10.1 Å². The van der Waals surface area contributed by atoms with Crippen molar-refractivity contribution >= 4 is 63.8 Å². The lowest BCUT2D eigenvalue weighted by Crippen LogP contribution is -2.27. The Bertz CT molecular complexity index is 1330. The highest BCUT2D eigenvalue weighted by molar-refractivity contribution is 8.18. The SMILES string of the molecule is Cc1cccc(NC(=O)COc2ccc(/C=C3/SC(=O)N(Cc4ccc(Cl)c(Cl)c4)C3=O)cc2)c1. The average Bonchev–Trinajstić information content (AvgIpc) is 3.08. The number of nitrogens with one attached hydrogen (secondary N) is 1. The molecule has 0 saturated carbocycles. The van der Waals surface area contributed by atoms with E-state index >= 15 is 0 Å². The second-order valence-corrected chi connectivity index (χ2v) is 9.60. The van der Waals surface area contributed by atoms with Crippen LogP contribution in [0.3, 0.4) is 0 Å². The topological polar surface area (TPSA) is 75.7 Å². The number of anilines is 1. The predicted octanol–water partition coefficient (Wildman–Crippen LogP) is 6.56. The molecule has 0 atom stereocenters. The number of nitrogens with zero attached hydrogens (tertiary/aromatic N) is 1. The third-order valence-electron chi connectivity index (χ3n) is 5.05. The molecule has 1 aliphatic rings. The Balaban J connectivity index is 1.34. The molecule has 0 spiro atoms. The van der Waals surface area contributed by atoms with Crippen molar-refractivity contribution < 1.29 is 19.1 Å². The monoisotopic (exact) mass is 526 g/mol. The smallest absolute Gasteiger partial charge is 0.293 e. The summed E-state index contributed by atoms with van der Waals surface area (Å²) in [5.41, 5.74) is 3.19. The van der Waals surface area contributed by atoms with Crippen LogP contribution in [0.1, 0.15) is 16.7 Å². The minimum absolute atomic E-state index is 0.107. The Morgan fingerprint density at radius 1 is 1.03 bits per heavy atom. The molecule has 0 unspecified atom stereocenters. The molecule has 0 aliphatic carbocycles. The first-order chi connectivity index (χ1) is 16.8. The lowest BCUT2D eigenvalue weighted by atomic mass is 10.2. The molecular weight excluding hydrogens is 507 g/mol. The molecular formula is C26H20Cl2N2O4S. The van der Waals surface area contributed by atoms with E-state index in [0.717, 1.165) is 22.9 Å². The normalized spacial score (nSPS) is 14.5. The molecule has 3 aromatic rings. The second-order valence-electron chi connectivity index (χ2n) is 7.79. The van der Waals surface area contributed by atoms with Crippen LogP contribution in [0.2, 0.25) is 10.0 Å². The average molecular weight is 527 g/mol. The van der Waals surface area contributed by atoms with Gasteiger partial charge in [-0.1, -0.05) is 53.5 Å². The van der Waals surface area contributed by atoms with Crippen molar-refractivity contribution in [3.05, 3.63) is 98.4 Å². The van der Waals surface area contributed by atoms with Crippen LogP contribution in [-0.2, 0) is 16.1 Å². The lowest BCUT2D eigenvalue weighted by molar-refractivity contribution is -0.123. The van der Waals surface area contributed by atoms with E-state index in [1.165, 1.54) is 4.90 Å². The molecule has 0 bridgehead atoms. The van der Waals surface area contributed by atoms with E-state index in [1.54, 1.807) is 48.5 Å². The minimum Gasteiger partial charge on any atom is -0.484 e. The van der Waals surface area contributed by atoms with Crippen LogP contribution >= 0.6 is 35.0 Å². The molecule has 35 heavy (non-hydrogen) atoms. The highest BCUT2D eigenvalue weighted by atomic mass is 35.5. The maximum absolute atomic E-state index is 12.8. The molecule has 9 heteroatoms. The van der Waals surface area contributed by atoms with Crippen LogP contribution < -0.4 is 10.1 Å². The standard InChI is InChI=1S/C26H20Cl2N2O4S/c1-16-3-2-4-19(11-16)29-24(31)15-34-20-8-5-17(6-9-20)13-23-25(32)30(26(33)35-23)14-18-7-10-21(27)22(28)12-18/h2-13H,14-15H2,1H3,(H,29,31)/b23-13+. The first-order valence-electron chi connectivity index (χ1n) is 10.6. The molecule has 1 fully saturated rings. The first-order valence-corrected chi connectivity index (χ1v) is 12.1. The second kappa shape index (κ2) is 11.0. The molecule has 0 radical (unpaired) electrons. The fourth-order valence-corrected chi connectivity index (χ4v) is 4.50. The van der Waals surface area contributed by atoms with E-state index in [1.807, 2.05) is 31.2 Å². The van der Waals surface area contributed by atoms with Gasteiger partial charge in [0, 0.05) is 5.69 Å². The summed E-state index contributed by atoms with van der Waals surface area (Å²) in [7, 11) is 0. The fraction of sp³-hybridized carbons (Fsp3) is 0.115. The van der Waals surface area contributed by atoms with Crippen LogP contribution in [0.4, 0.5) is 10.5 Å². The Kier molecular flexibility index (Phi) is 7.80. The number of halogens is 2. The number of aryl methyl sites for hydroxylation is 1. The van der Waals surface area contributed by atoms with E-state index < -0.39 is 0 Å². The van der Waals surface area contributed by atoms with E-state index in [4.69, 9.17) is 27.9 Å². The number of benzene rings is 3. The van der Waals surface area contributed by atoms with Crippen molar-refractivity contribution in [1.82, 2.24) is 4.90 Å². The number of thioether (sulfide) groups is 1. The predicted molar refractivity (Wildman–Crippen MR) is 140 cm³/mol. The summed E-state index contributed by atoms with van der Waals surface area (Å²) in [5, 5.41) is 3.20. The van der Waals surface area contributed by atoms with Gasteiger partial charge >= 0.3 is 0 Å². The summed E-state index contributed by atoms with van der Waals surface area (Å²) in [6, 6.07) is 19.4. The molecule has 178 valence electrons. The third-order valence-corrected chi connectivity index (χ3v) is 6.69. The van der Waals surface area contributed by atoms with Crippen LogP contribution in [-0.4, -0.2) is 28.6 Å². The van der Waals surface area contributed by atoms with E-state index in [9.17, 15) is 14.4 Å². The first kappa shape index (κ1) is 24.9. The van der Waals surface area contributed by atoms with Crippen LogP contribution in [0, 0.1) is 6.92 Å². The van der Waals surface area contributed by atoms with Gasteiger partial charge in [-0.15, -0.1) is 0 Å². The number of carbonyl (C=O) groups excluding carboxylic acids is 3. The number of hydrogen-bond acceptors (Lipinski definition) is 5. The summed E-state index contributed by atoms with van der Waals surface area (Å²) in [6.45, 7) is 1.92. The Hall–Kier alpha value is -3.26. The molecule has 1 heterocycles. The van der Waals surface area contributed by atoms with Gasteiger partial charge in [-0.2, -0.15) is 0 Å². The largest absolute Gasteiger partial charge is 0.484 e. The summed E-state index contributed by atoms with van der Waals surface area (Å²) in [5.74, 6) is -0.135. The van der Waals surface area contributed by atoms with Gasteiger partial charge in [0.05, 0.1) is 21.5 Å². The highest BCUT2D eigenvalue weighted by Crippen LogP contribution is 2.34. The van der Waals surface area contributed by atoms with Gasteiger partial charge in [0.1, 0.15) is 5.75 Å². The molecule has 1 N–H and O–H groups in total. The molecule has 1 aliphatic heterocycles. The van der Waals surface area contributed by atoms with Gasteiger partial charge in [0.25, 0.3) is 17.1 Å². The summed E-state index contributed by atoms with van der Waals surface area (Å²) in [6.07, 6.45) is 1.65. The van der Waals surface area contributed by atoms with Crippen molar-refractivity contribution in [2.45, 2.75) is 13.5 Å². The zero-order chi connectivity index (χ0) is 24.9. The van der Waals surface area contributed by atoms with Gasteiger partial charge in [0.2, 0.25) is 0 Å². The quantitative estimate of drug-likeness (QED) is 0.353. The fourth-order valence-electron chi connectivity index (χ4n) is 3.34. The van der Waals surface area contributed by atoms with Crippen molar-refractivity contribution in [3.63, 3.8) is 0 Å². The van der Waals surface area contributed by atoms with Crippen molar-refractivity contribution in [2.75, 3.05) is 11.9 Å². The highest BCUT2D eigenvalue weighted by Gasteiger charge is 2.35. The number of amides is 3. The zero-order valence-corrected chi connectivity index (χ0v) is 20.9. The molecule has 0 aromatic heterocycles.